The molecule has 0 aliphatic carbocycles. The second-order valence-electron chi connectivity index (χ2n) is 6.91. The Labute approximate surface area is 167 Å². The van der Waals surface area contributed by atoms with Crippen LogP contribution in [0.3, 0.4) is 0 Å². The predicted octanol–water partition coefficient (Wildman–Crippen LogP) is 5.62. The first kappa shape index (κ1) is 20.3. The smallest absolute Gasteiger partial charge is 0.255 e. The Kier molecular flexibility index (Phi) is 8.28. The minimum absolute atomic E-state index is 0.0174. The molecule has 0 aromatic heterocycles. The molecule has 28 heavy (non-hydrogen) atoms. The maximum atomic E-state index is 12.8. The summed E-state index contributed by atoms with van der Waals surface area (Å²) in [6, 6.07) is 19.5. The van der Waals surface area contributed by atoms with Gasteiger partial charge in [0.15, 0.2) is 6.29 Å². The van der Waals surface area contributed by atoms with Crippen molar-refractivity contribution in [2.75, 3.05) is 18.1 Å². The highest BCUT2D eigenvalue weighted by molar-refractivity contribution is 6.06. The fourth-order valence-corrected chi connectivity index (χ4v) is 3.24. The second kappa shape index (κ2) is 11.4. The van der Waals surface area contributed by atoms with E-state index in [1.165, 1.54) is 6.42 Å². The normalized spacial score (nSPS) is 16.9. The van der Waals surface area contributed by atoms with Crippen molar-refractivity contribution in [3.8, 4) is 0 Å². The van der Waals surface area contributed by atoms with Crippen LogP contribution >= 0.6 is 0 Å². The van der Waals surface area contributed by atoms with Crippen LogP contribution in [0.5, 0.6) is 0 Å². The lowest BCUT2D eigenvalue weighted by Crippen LogP contribution is -2.23. The fourth-order valence-electron chi connectivity index (χ4n) is 3.24. The number of unbranched alkanes of at least 4 members (excludes halogenated alkanes) is 2. The number of hydrogen-bond acceptors (Lipinski definition) is 3. The van der Waals surface area contributed by atoms with E-state index in [-0.39, 0.29) is 12.2 Å². The molecule has 0 spiro atoms. The summed E-state index contributed by atoms with van der Waals surface area (Å²) in [5.74, 6) is -0.0377. The molecule has 3 rings (SSSR count). The van der Waals surface area contributed by atoms with Gasteiger partial charge in [-0.2, -0.15) is 0 Å². The van der Waals surface area contributed by atoms with Crippen LogP contribution in [-0.2, 0) is 14.3 Å². The van der Waals surface area contributed by atoms with E-state index in [9.17, 15) is 4.79 Å². The van der Waals surface area contributed by atoms with Crippen molar-refractivity contribution in [2.45, 2.75) is 44.8 Å². The molecule has 0 bridgehead atoms. The van der Waals surface area contributed by atoms with Crippen LogP contribution in [0.15, 0.2) is 72.8 Å². The molecule has 4 heteroatoms. The van der Waals surface area contributed by atoms with Gasteiger partial charge >= 0.3 is 0 Å². The van der Waals surface area contributed by atoms with Gasteiger partial charge in [0.2, 0.25) is 0 Å². The number of anilines is 2. The van der Waals surface area contributed by atoms with Gasteiger partial charge in [-0.1, -0.05) is 42.5 Å². The van der Waals surface area contributed by atoms with Gasteiger partial charge in [-0.3, -0.25) is 9.69 Å². The fraction of sp³-hybridized carbons (Fsp3) is 0.375. The lowest BCUT2D eigenvalue weighted by Gasteiger charge is -2.22. The monoisotopic (exact) mass is 379 g/mol. The quantitative estimate of drug-likeness (QED) is 0.419. The van der Waals surface area contributed by atoms with Crippen molar-refractivity contribution < 1.29 is 14.3 Å². The average molecular weight is 380 g/mol. The Balaban J connectivity index is 1.47. The first-order valence-electron chi connectivity index (χ1n) is 10.2. The third-order valence-corrected chi connectivity index (χ3v) is 4.72. The van der Waals surface area contributed by atoms with Crippen LogP contribution in [0.2, 0.25) is 0 Å². The minimum Gasteiger partial charge on any atom is -0.353 e. The molecule has 1 fully saturated rings. The largest absolute Gasteiger partial charge is 0.353 e. The predicted molar refractivity (Wildman–Crippen MR) is 113 cm³/mol. The Morgan fingerprint density at radius 1 is 1.00 bits per heavy atom. The Morgan fingerprint density at radius 2 is 1.68 bits per heavy atom. The molecular formula is C24H29NO3. The zero-order chi connectivity index (χ0) is 19.4. The zero-order valence-electron chi connectivity index (χ0n) is 16.3. The molecule has 1 amide bonds. The van der Waals surface area contributed by atoms with E-state index in [1.54, 1.807) is 11.0 Å². The number of amides is 1. The highest BCUT2D eigenvalue weighted by Crippen LogP contribution is 2.25. The van der Waals surface area contributed by atoms with Crippen molar-refractivity contribution in [3.63, 3.8) is 0 Å². The van der Waals surface area contributed by atoms with Gasteiger partial charge < -0.3 is 9.47 Å². The molecule has 1 unspecified atom stereocenters. The topological polar surface area (TPSA) is 38.8 Å². The number of rotatable bonds is 9. The van der Waals surface area contributed by atoms with E-state index in [0.717, 1.165) is 50.1 Å². The van der Waals surface area contributed by atoms with Crippen molar-refractivity contribution in [3.05, 3.63) is 72.8 Å². The van der Waals surface area contributed by atoms with E-state index >= 15 is 0 Å². The minimum atomic E-state index is -0.0377. The van der Waals surface area contributed by atoms with Crippen LogP contribution in [0.25, 0.3) is 0 Å². The molecule has 4 nitrogen and oxygen atoms in total. The molecule has 1 aliphatic heterocycles. The SMILES string of the molecule is O=C(/C=C/CCCCOC1CCCCO1)N(c1ccccc1)c1ccccc1. The highest BCUT2D eigenvalue weighted by Gasteiger charge is 2.15. The van der Waals surface area contributed by atoms with E-state index in [2.05, 4.69) is 0 Å². The lowest BCUT2D eigenvalue weighted by atomic mass is 10.2. The first-order valence-corrected chi connectivity index (χ1v) is 10.2. The zero-order valence-corrected chi connectivity index (χ0v) is 16.3. The number of carbonyl (C=O) groups is 1. The van der Waals surface area contributed by atoms with Crippen LogP contribution in [0, 0.1) is 0 Å². The molecule has 1 aliphatic rings. The van der Waals surface area contributed by atoms with Crippen LogP contribution < -0.4 is 4.90 Å². The maximum Gasteiger partial charge on any atom is 0.255 e. The van der Waals surface area contributed by atoms with Gasteiger partial charge in [-0.15, -0.1) is 0 Å². The third-order valence-electron chi connectivity index (χ3n) is 4.72. The van der Waals surface area contributed by atoms with Gasteiger partial charge in [0.1, 0.15) is 0 Å². The van der Waals surface area contributed by atoms with Crippen LogP contribution in [0.1, 0.15) is 38.5 Å². The van der Waals surface area contributed by atoms with Crippen molar-refractivity contribution in [2.24, 2.45) is 0 Å². The number of nitrogens with zero attached hydrogens (tertiary/aromatic N) is 1. The van der Waals surface area contributed by atoms with Crippen molar-refractivity contribution in [1.29, 1.82) is 0 Å². The van der Waals surface area contributed by atoms with Gasteiger partial charge in [0.05, 0.1) is 0 Å². The first-order chi connectivity index (χ1) is 13.8. The summed E-state index contributed by atoms with van der Waals surface area (Å²) < 4.78 is 11.3. The van der Waals surface area contributed by atoms with E-state index in [0.29, 0.717) is 6.61 Å². The summed E-state index contributed by atoms with van der Waals surface area (Å²) in [6.45, 7) is 1.53. The Bertz CT molecular complexity index is 685. The molecule has 148 valence electrons. The second-order valence-corrected chi connectivity index (χ2v) is 6.91. The molecule has 0 saturated carbocycles. The number of hydrogen-bond donors (Lipinski definition) is 0. The molecule has 2 aromatic carbocycles. The summed E-state index contributed by atoms with van der Waals surface area (Å²) in [6.07, 6.45) is 9.77. The van der Waals surface area contributed by atoms with E-state index in [4.69, 9.17) is 9.47 Å². The summed E-state index contributed by atoms with van der Waals surface area (Å²) in [5, 5.41) is 0. The average Bonchev–Trinajstić information content (AvgIpc) is 2.75. The third kappa shape index (κ3) is 6.32. The standard InChI is InChI=1S/C24H29NO3/c26-23(17-9-1-2-11-19-27-24-18-10-12-20-28-24)25(21-13-5-3-6-14-21)22-15-7-4-8-16-22/h3-9,13-17,24H,1-2,10-12,18-20H2/b17-9+. The summed E-state index contributed by atoms with van der Waals surface area (Å²) in [4.78, 5) is 14.6. The number of allylic oxidation sites excluding steroid dienone is 1. The molecule has 0 N–H and O–H groups in total. The summed E-state index contributed by atoms with van der Waals surface area (Å²) >= 11 is 0. The van der Waals surface area contributed by atoms with Gasteiger partial charge in [0, 0.05) is 24.6 Å². The number of para-hydroxylation sites is 2. The molecule has 1 heterocycles. The van der Waals surface area contributed by atoms with Gasteiger partial charge in [-0.05, 0) is 68.9 Å². The Hall–Kier alpha value is -2.43. The Morgan fingerprint density at radius 3 is 2.29 bits per heavy atom. The number of carbonyl (C=O) groups excluding carboxylic acids is 1. The van der Waals surface area contributed by atoms with Crippen LogP contribution in [0.4, 0.5) is 11.4 Å². The number of benzene rings is 2. The molecule has 1 atom stereocenters. The molecule has 2 aromatic rings. The van der Waals surface area contributed by atoms with Gasteiger partial charge in [-0.25, -0.2) is 0 Å². The van der Waals surface area contributed by atoms with E-state index in [1.807, 2.05) is 66.7 Å². The van der Waals surface area contributed by atoms with E-state index < -0.39 is 0 Å². The lowest BCUT2D eigenvalue weighted by molar-refractivity contribution is -0.162. The van der Waals surface area contributed by atoms with Crippen LogP contribution in [-0.4, -0.2) is 25.4 Å². The molecule has 0 radical (unpaired) electrons. The number of ether oxygens (including phenoxy) is 2. The summed E-state index contributed by atoms with van der Waals surface area (Å²) in [5.41, 5.74) is 1.73. The van der Waals surface area contributed by atoms with Crippen molar-refractivity contribution >= 4 is 17.3 Å². The molecular weight excluding hydrogens is 350 g/mol. The maximum absolute atomic E-state index is 12.8. The van der Waals surface area contributed by atoms with Gasteiger partial charge in [0.25, 0.3) is 5.91 Å². The molecule has 1 saturated heterocycles. The highest BCUT2D eigenvalue weighted by atomic mass is 16.7. The summed E-state index contributed by atoms with van der Waals surface area (Å²) in [7, 11) is 0. The van der Waals surface area contributed by atoms with Crippen molar-refractivity contribution in [1.82, 2.24) is 0 Å².